The number of benzene rings is 3. The van der Waals surface area contributed by atoms with Crippen molar-refractivity contribution in [1.82, 2.24) is 4.57 Å². The van der Waals surface area contributed by atoms with Crippen LogP contribution in [-0.4, -0.2) is 42.4 Å². The number of nitrogens with one attached hydrogen (secondary N) is 1. The van der Waals surface area contributed by atoms with Crippen molar-refractivity contribution in [3.63, 3.8) is 0 Å². The van der Waals surface area contributed by atoms with Gasteiger partial charge in [-0.1, -0.05) is 24.3 Å². The lowest BCUT2D eigenvalue weighted by molar-refractivity contribution is -0.137. The Kier molecular flexibility index (Phi) is 8.22. The molecule has 1 saturated heterocycles. The summed E-state index contributed by atoms with van der Waals surface area (Å²) in [6.45, 7) is 3.43. The molecule has 0 amide bonds. The van der Waals surface area contributed by atoms with Crippen molar-refractivity contribution >= 4 is 28.1 Å². The van der Waals surface area contributed by atoms with E-state index in [1.54, 1.807) is 17.6 Å². The fraction of sp³-hybridized carbons (Fsp3) is 0.258. The van der Waals surface area contributed by atoms with E-state index in [9.17, 15) is 22.4 Å². The number of anilines is 1. The van der Waals surface area contributed by atoms with E-state index in [0.717, 1.165) is 12.1 Å². The second-order valence-electron chi connectivity index (χ2n) is 10.1. The van der Waals surface area contributed by atoms with Crippen LogP contribution >= 0.6 is 0 Å². The van der Waals surface area contributed by atoms with Crippen molar-refractivity contribution in [2.45, 2.75) is 26.1 Å². The standard InChI is InChI=1S/C31H27F5N4O2/c1-19(38-29(37)14-20-4-8-23(32)9-5-20)25-18-40(17-21-2-6-22(7-3-21)31(34,35)36)27-16-28(39-10-12-42-13-11-39)26(33)15-24(27)30(25)41/h2-9,15-16,18,37H,10-14,17H2,1H3/b37-29?,38-19+. The Morgan fingerprint density at radius 3 is 2.26 bits per heavy atom. The van der Waals surface area contributed by atoms with Crippen LogP contribution in [0.2, 0.25) is 0 Å². The lowest BCUT2D eigenvalue weighted by atomic mass is 10.1. The summed E-state index contributed by atoms with van der Waals surface area (Å²) in [5.41, 5.74) is 0.965. The number of aliphatic imine (C=N–C) groups is 1. The highest BCUT2D eigenvalue weighted by atomic mass is 19.4. The third-order valence-corrected chi connectivity index (χ3v) is 7.11. The average molecular weight is 583 g/mol. The summed E-state index contributed by atoms with van der Waals surface area (Å²) in [5, 5.41) is 8.39. The van der Waals surface area contributed by atoms with Crippen molar-refractivity contribution in [3.8, 4) is 0 Å². The van der Waals surface area contributed by atoms with Crippen LogP contribution in [0.4, 0.5) is 27.6 Å². The molecule has 1 N–H and O–H groups in total. The number of aromatic nitrogens is 1. The Morgan fingerprint density at radius 2 is 1.62 bits per heavy atom. The minimum Gasteiger partial charge on any atom is -0.378 e. The molecule has 2 heterocycles. The van der Waals surface area contributed by atoms with Gasteiger partial charge in [-0.15, -0.1) is 0 Å². The van der Waals surface area contributed by atoms with Gasteiger partial charge < -0.3 is 14.2 Å². The van der Waals surface area contributed by atoms with Crippen molar-refractivity contribution < 1.29 is 26.7 Å². The summed E-state index contributed by atoms with van der Waals surface area (Å²) >= 11 is 0. The van der Waals surface area contributed by atoms with E-state index in [1.807, 2.05) is 4.90 Å². The molecule has 0 unspecified atom stereocenters. The largest absolute Gasteiger partial charge is 0.416 e. The van der Waals surface area contributed by atoms with Gasteiger partial charge >= 0.3 is 6.18 Å². The Morgan fingerprint density at radius 1 is 0.976 bits per heavy atom. The van der Waals surface area contributed by atoms with E-state index in [2.05, 4.69) is 4.99 Å². The van der Waals surface area contributed by atoms with Gasteiger partial charge in [0.05, 0.1) is 41.3 Å². The van der Waals surface area contributed by atoms with E-state index < -0.39 is 28.8 Å². The second-order valence-corrected chi connectivity index (χ2v) is 10.1. The van der Waals surface area contributed by atoms with E-state index in [-0.39, 0.29) is 35.5 Å². The van der Waals surface area contributed by atoms with Crippen molar-refractivity contribution in [2.24, 2.45) is 4.99 Å². The lowest BCUT2D eigenvalue weighted by Crippen LogP contribution is -2.36. The zero-order valence-corrected chi connectivity index (χ0v) is 22.6. The maximum atomic E-state index is 15.4. The highest BCUT2D eigenvalue weighted by Crippen LogP contribution is 2.30. The second kappa shape index (κ2) is 11.8. The van der Waals surface area contributed by atoms with E-state index in [4.69, 9.17) is 10.1 Å². The smallest absolute Gasteiger partial charge is 0.378 e. The summed E-state index contributed by atoms with van der Waals surface area (Å²) in [4.78, 5) is 19.7. The van der Waals surface area contributed by atoms with Gasteiger partial charge in [-0.25, -0.2) is 13.8 Å². The van der Waals surface area contributed by atoms with Gasteiger partial charge in [0.15, 0.2) is 5.43 Å². The molecule has 0 saturated carbocycles. The molecule has 0 aliphatic carbocycles. The maximum absolute atomic E-state index is 15.4. The zero-order chi connectivity index (χ0) is 30.0. The summed E-state index contributed by atoms with van der Waals surface area (Å²) in [5.74, 6) is -1.06. The number of nitrogens with zero attached hydrogens (tertiary/aromatic N) is 3. The molecule has 42 heavy (non-hydrogen) atoms. The topological polar surface area (TPSA) is 70.7 Å². The number of ether oxygens (including phenoxy) is 1. The van der Waals surface area contributed by atoms with Crippen LogP contribution in [0.1, 0.15) is 29.2 Å². The molecule has 0 radical (unpaired) electrons. The quantitative estimate of drug-likeness (QED) is 0.167. The first-order chi connectivity index (χ1) is 20.0. The van der Waals surface area contributed by atoms with Crippen LogP contribution in [0, 0.1) is 17.0 Å². The van der Waals surface area contributed by atoms with Crippen LogP contribution < -0.4 is 10.3 Å². The van der Waals surface area contributed by atoms with Gasteiger partial charge in [-0.2, -0.15) is 13.2 Å². The van der Waals surface area contributed by atoms with E-state index in [1.165, 1.54) is 48.7 Å². The number of hydrogen-bond donors (Lipinski definition) is 1. The van der Waals surface area contributed by atoms with Crippen molar-refractivity contribution in [1.29, 1.82) is 5.41 Å². The number of alkyl halides is 3. The molecule has 1 aromatic heterocycles. The SMILES string of the molecule is C/C(=N\C(=N)Cc1ccc(F)cc1)c1cn(Cc2ccc(C(F)(F)F)cc2)c2cc(N3CCOCC3)c(F)cc2c1=O. The maximum Gasteiger partial charge on any atom is 0.416 e. The fourth-order valence-electron chi connectivity index (χ4n) is 4.93. The van der Waals surface area contributed by atoms with Gasteiger partial charge in [0.2, 0.25) is 0 Å². The molecule has 5 rings (SSSR count). The summed E-state index contributed by atoms with van der Waals surface area (Å²) in [6, 6.07) is 13.1. The molecule has 0 bridgehead atoms. The van der Waals surface area contributed by atoms with E-state index >= 15 is 4.39 Å². The third kappa shape index (κ3) is 6.41. The molecule has 4 aromatic rings. The average Bonchev–Trinajstić information content (AvgIpc) is 2.95. The Balaban J connectivity index is 1.58. The molecule has 1 aliphatic rings. The molecule has 0 spiro atoms. The number of morpholine rings is 1. The highest BCUT2D eigenvalue weighted by molar-refractivity contribution is 6.07. The molecule has 3 aromatic carbocycles. The normalized spacial score (nSPS) is 14.4. The monoisotopic (exact) mass is 582 g/mol. The Hall–Kier alpha value is -4.38. The Labute approximate surface area is 238 Å². The molecule has 1 aliphatic heterocycles. The molecule has 11 heteroatoms. The molecular weight excluding hydrogens is 555 g/mol. The van der Waals surface area contributed by atoms with Crippen molar-refractivity contribution in [2.75, 3.05) is 31.2 Å². The van der Waals surface area contributed by atoms with Crippen molar-refractivity contribution in [3.05, 3.63) is 111 Å². The minimum absolute atomic E-state index is 0.0678. The van der Waals surface area contributed by atoms with Gasteiger partial charge in [-0.05, 0) is 54.4 Å². The van der Waals surface area contributed by atoms with Crippen LogP contribution in [0.3, 0.4) is 0 Å². The summed E-state index contributed by atoms with van der Waals surface area (Å²) < 4.78 is 75.1. The van der Waals surface area contributed by atoms with Gasteiger partial charge in [-0.3, -0.25) is 10.2 Å². The number of rotatable bonds is 6. The molecular formula is C31H27F5N4O2. The first-order valence-electron chi connectivity index (χ1n) is 13.2. The van der Waals surface area contributed by atoms with Crippen LogP contribution in [-0.2, 0) is 23.9 Å². The number of pyridine rings is 1. The van der Waals surface area contributed by atoms with Crippen LogP contribution in [0.15, 0.2) is 76.6 Å². The first-order valence-corrected chi connectivity index (χ1v) is 13.2. The van der Waals surface area contributed by atoms with Crippen LogP contribution in [0.5, 0.6) is 0 Å². The zero-order valence-electron chi connectivity index (χ0n) is 22.6. The number of hydrogen-bond acceptors (Lipinski definition) is 4. The number of amidine groups is 1. The molecule has 0 atom stereocenters. The fourth-order valence-corrected chi connectivity index (χ4v) is 4.93. The third-order valence-electron chi connectivity index (χ3n) is 7.11. The predicted octanol–water partition coefficient (Wildman–Crippen LogP) is 6.21. The van der Waals surface area contributed by atoms with Crippen LogP contribution in [0.25, 0.3) is 10.9 Å². The van der Waals surface area contributed by atoms with Gasteiger partial charge in [0.1, 0.15) is 17.5 Å². The lowest BCUT2D eigenvalue weighted by Gasteiger charge is -2.29. The van der Waals surface area contributed by atoms with E-state index in [0.29, 0.717) is 48.6 Å². The summed E-state index contributed by atoms with van der Waals surface area (Å²) in [6.07, 6.45) is -2.85. The predicted molar refractivity (Wildman–Crippen MR) is 152 cm³/mol. The minimum atomic E-state index is -4.48. The molecule has 6 nitrogen and oxygen atoms in total. The Bertz CT molecular complexity index is 1710. The first kappa shape index (κ1) is 29.1. The van der Waals surface area contributed by atoms with Gasteiger partial charge in [0.25, 0.3) is 0 Å². The number of fused-ring (bicyclic) bond motifs is 1. The molecule has 218 valence electrons. The summed E-state index contributed by atoms with van der Waals surface area (Å²) in [7, 11) is 0. The highest BCUT2D eigenvalue weighted by Gasteiger charge is 2.30. The molecule has 1 fully saturated rings. The van der Waals surface area contributed by atoms with Gasteiger partial charge in [0, 0.05) is 37.6 Å². The number of halogens is 5.